The number of alkyl halides is 1. The highest BCUT2D eigenvalue weighted by Gasteiger charge is 2.10. The molecule has 4 heteroatoms. The molecule has 0 aliphatic heterocycles. The average molecular weight is 295 g/mol. The Kier molecular flexibility index (Phi) is 5.24. The highest BCUT2D eigenvalue weighted by Crippen LogP contribution is 2.33. The van der Waals surface area contributed by atoms with Gasteiger partial charge in [0.2, 0.25) is 0 Å². The molecular formula is C16H16ClFO2. The summed E-state index contributed by atoms with van der Waals surface area (Å²) in [5.74, 6) is 1.33. The molecule has 2 rings (SSSR count). The van der Waals surface area contributed by atoms with Crippen molar-refractivity contribution in [3.8, 4) is 11.5 Å². The summed E-state index contributed by atoms with van der Waals surface area (Å²) in [4.78, 5) is 0. The van der Waals surface area contributed by atoms with Gasteiger partial charge in [0.25, 0.3) is 0 Å². The summed E-state index contributed by atoms with van der Waals surface area (Å²) in [6.45, 7) is 2.72. The minimum absolute atomic E-state index is 0.270. The Morgan fingerprint density at radius 1 is 1.10 bits per heavy atom. The molecule has 0 aromatic heterocycles. The lowest BCUT2D eigenvalue weighted by Crippen LogP contribution is -2.02. The predicted octanol–water partition coefficient (Wildman–Crippen LogP) is 4.54. The topological polar surface area (TPSA) is 18.5 Å². The molecule has 0 saturated carbocycles. The fraction of sp³-hybridized carbons (Fsp3) is 0.250. The van der Waals surface area contributed by atoms with Crippen molar-refractivity contribution in [3.05, 3.63) is 59.4 Å². The van der Waals surface area contributed by atoms with Crippen LogP contribution in [-0.4, -0.2) is 6.61 Å². The van der Waals surface area contributed by atoms with Crippen LogP contribution in [0.2, 0.25) is 0 Å². The zero-order valence-electron chi connectivity index (χ0n) is 11.2. The molecule has 0 radical (unpaired) electrons. The van der Waals surface area contributed by atoms with Crippen molar-refractivity contribution >= 4 is 11.6 Å². The Balaban J connectivity index is 2.19. The first-order chi connectivity index (χ1) is 9.74. The van der Waals surface area contributed by atoms with Crippen LogP contribution in [-0.2, 0) is 12.5 Å². The molecule has 106 valence electrons. The smallest absolute Gasteiger partial charge is 0.166 e. The first kappa shape index (κ1) is 14.7. The molecule has 2 nitrogen and oxygen atoms in total. The van der Waals surface area contributed by atoms with E-state index in [1.54, 1.807) is 6.07 Å². The van der Waals surface area contributed by atoms with Crippen LogP contribution in [0.15, 0.2) is 42.5 Å². The van der Waals surface area contributed by atoms with E-state index in [4.69, 9.17) is 21.1 Å². The first-order valence-corrected chi connectivity index (χ1v) is 6.96. The number of hydrogen-bond donors (Lipinski definition) is 0. The second-order valence-corrected chi connectivity index (χ2v) is 4.50. The number of para-hydroxylation sites is 1. The van der Waals surface area contributed by atoms with Crippen LogP contribution in [0, 0.1) is 5.82 Å². The minimum atomic E-state index is -0.276. The van der Waals surface area contributed by atoms with E-state index in [2.05, 4.69) is 0 Å². The third-order valence-electron chi connectivity index (χ3n) is 2.78. The van der Waals surface area contributed by atoms with Crippen LogP contribution in [0.3, 0.4) is 0 Å². The fourth-order valence-corrected chi connectivity index (χ4v) is 2.09. The summed E-state index contributed by atoms with van der Waals surface area (Å²) in [5, 5.41) is 0. The average Bonchev–Trinajstić information content (AvgIpc) is 2.46. The van der Waals surface area contributed by atoms with Gasteiger partial charge in [-0.05, 0) is 30.7 Å². The third kappa shape index (κ3) is 3.64. The lowest BCUT2D eigenvalue weighted by molar-refractivity contribution is 0.267. The molecule has 0 saturated heterocycles. The molecule has 0 aliphatic rings. The normalized spacial score (nSPS) is 10.3. The van der Waals surface area contributed by atoms with Crippen molar-refractivity contribution in [1.29, 1.82) is 0 Å². The van der Waals surface area contributed by atoms with Crippen molar-refractivity contribution in [2.45, 2.75) is 19.4 Å². The molecule has 0 spiro atoms. The summed E-state index contributed by atoms with van der Waals surface area (Å²) < 4.78 is 24.4. The van der Waals surface area contributed by atoms with Crippen LogP contribution in [0.4, 0.5) is 4.39 Å². The van der Waals surface area contributed by atoms with E-state index < -0.39 is 0 Å². The van der Waals surface area contributed by atoms with Gasteiger partial charge in [0.05, 0.1) is 12.5 Å². The quantitative estimate of drug-likeness (QED) is 0.728. The minimum Gasteiger partial charge on any atom is -0.490 e. The van der Waals surface area contributed by atoms with Crippen molar-refractivity contribution in [3.63, 3.8) is 0 Å². The number of benzene rings is 2. The summed E-state index contributed by atoms with van der Waals surface area (Å²) in [5.41, 5.74) is 1.62. The largest absolute Gasteiger partial charge is 0.490 e. The van der Waals surface area contributed by atoms with Crippen LogP contribution < -0.4 is 9.47 Å². The van der Waals surface area contributed by atoms with Gasteiger partial charge in [-0.1, -0.05) is 24.3 Å². The van der Waals surface area contributed by atoms with Crippen LogP contribution >= 0.6 is 11.6 Å². The maximum atomic E-state index is 13.1. The Morgan fingerprint density at radius 2 is 1.90 bits per heavy atom. The summed E-state index contributed by atoms with van der Waals surface area (Å²) in [7, 11) is 0. The Hall–Kier alpha value is -1.74. The molecule has 20 heavy (non-hydrogen) atoms. The second kappa shape index (κ2) is 7.15. The lowest BCUT2D eigenvalue weighted by Gasteiger charge is -2.15. The molecule has 2 aromatic rings. The highest BCUT2D eigenvalue weighted by atomic mass is 35.5. The Labute approximate surface area is 123 Å². The summed E-state index contributed by atoms with van der Waals surface area (Å²) >= 11 is 5.92. The lowest BCUT2D eigenvalue weighted by atomic mass is 10.2. The van der Waals surface area contributed by atoms with Crippen LogP contribution in [0.5, 0.6) is 11.5 Å². The molecule has 0 unspecified atom stereocenters. The van der Waals surface area contributed by atoms with Crippen molar-refractivity contribution in [2.24, 2.45) is 0 Å². The molecule has 2 aromatic carbocycles. The number of rotatable bonds is 6. The van der Waals surface area contributed by atoms with Gasteiger partial charge < -0.3 is 9.47 Å². The van der Waals surface area contributed by atoms with Crippen LogP contribution in [0.1, 0.15) is 18.1 Å². The van der Waals surface area contributed by atoms with E-state index in [-0.39, 0.29) is 12.4 Å². The molecule has 0 heterocycles. The molecule has 0 bridgehead atoms. The molecule has 0 aliphatic carbocycles. The summed E-state index contributed by atoms with van der Waals surface area (Å²) in [6.07, 6.45) is 0. The highest BCUT2D eigenvalue weighted by molar-refractivity contribution is 6.17. The fourth-order valence-electron chi connectivity index (χ4n) is 1.88. The monoisotopic (exact) mass is 294 g/mol. The SMILES string of the molecule is CCOc1cccc(CCl)c1OCc1cccc(F)c1. The van der Waals surface area contributed by atoms with Gasteiger partial charge in [0.1, 0.15) is 12.4 Å². The number of halogens is 2. The summed E-state index contributed by atoms with van der Waals surface area (Å²) in [6, 6.07) is 11.9. The van der Waals surface area contributed by atoms with Gasteiger partial charge in [-0.3, -0.25) is 0 Å². The number of hydrogen-bond acceptors (Lipinski definition) is 2. The maximum Gasteiger partial charge on any atom is 0.166 e. The first-order valence-electron chi connectivity index (χ1n) is 6.42. The van der Waals surface area contributed by atoms with Gasteiger partial charge in [0.15, 0.2) is 11.5 Å². The van der Waals surface area contributed by atoms with E-state index in [1.165, 1.54) is 12.1 Å². The Morgan fingerprint density at radius 3 is 2.60 bits per heavy atom. The van der Waals surface area contributed by atoms with Gasteiger partial charge in [-0.2, -0.15) is 0 Å². The second-order valence-electron chi connectivity index (χ2n) is 4.23. The predicted molar refractivity (Wildman–Crippen MR) is 77.9 cm³/mol. The molecule has 0 N–H and O–H groups in total. The standard InChI is InChI=1S/C16H16ClFO2/c1-2-19-15-8-4-6-13(10-17)16(15)20-11-12-5-3-7-14(18)9-12/h3-9H,2,10-11H2,1H3. The molecule has 0 amide bonds. The number of ether oxygens (including phenoxy) is 2. The molecule has 0 fully saturated rings. The zero-order chi connectivity index (χ0) is 14.4. The van der Waals surface area contributed by atoms with Crippen molar-refractivity contribution < 1.29 is 13.9 Å². The van der Waals surface area contributed by atoms with Gasteiger partial charge >= 0.3 is 0 Å². The van der Waals surface area contributed by atoms with Gasteiger partial charge in [0, 0.05) is 5.56 Å². The van der Waals surface area contributed by atoms with E-state index in [0.717, 1.165) is 11.1 Å². The van der Waals surface area contributed by atoms with Crippen molar-refractivity contribution in [1.82, 2.24) is 0 Å². The van der Waals surface area contributed by atoms with Gasteiger partial charge in [-0.25, -0.2) is 4.39 Å². The van der Waals surface area contributed by atoms with Crippen molar-refractivity contribution in [2.75, 3.05) is 6.61 Å². The maximum absolute atomic E-state index is 13.1. The van der Waals surface area contributed by atoms with E-state index >= 15 is 0 Å². The van der Waals surface area contributed by atoms with Crippen LogP contribution in [0.25, 0.3) is 0 Å². The molecular weight excluding hydrogens is 279 g/mol. The Bertz CT molecular complexity index is 572. The van der Waals surface area contributed by atoms with E-state index in [9.17, 15) is 4.39 Å². The third-order valence-corrected chi connectivity index (χ3v) is 3.06. The van der Waals surface area contributed by atoms with Gasteiger partial charge in [-0.15, -0.1) is 11.6 Å². The molecule has 0 atom stereocenters. The van der Waals surface area contributed by atoms with E-state index in [1.807, 2.05) is 31.2 Å². The van der Waals surface area contributed by atoms with E-state index in [0.29, 0.717) is 24.0 Å². The zero-order valence-corrected chi connectivity index (χ0v) is 12.0.